The van der Waals surface area contributed by atoms with E-state index in [1.807, 2.05) is 66.7 Å². The van der Waals surface area contributed by atoms with Crippen LogP contribution in [-0.4, -0.2) is 9.97 Å². The number of nitrogens with zero attached hydrogens (tertiary/aromatic N) is 2. The molecule has 0 aliphatic heterocycles. The fraction of sp³-hybridized carbons (Fsp3) is 0.0345. The van der Waals surface area contributed by atoms with E-state index in [9.17, 15) is 0 Å². The Balaban J connectivity index is 0.000000218. The summed E-state index contributed by atoms with van der Waals surface area (Å²) < 4.78 is 44.2. The number of aromatic nitrogens is 2. The monoisotopic (exact) mass is 610 g/mol. The van der Waals surface area contributed by atoms with Gasteiger partial charge in [0.15, 0.2) is 0 Å². The molecular formula is C29H20IrN2O-2. The molecule has 0 atom stereocenters. The molecule has 163 valence electrons. The quantitative estimate of drug-likeness (QED) is 0.194. The molecule has 0 spiro atoms. The van der Waals surface area contributed by atoms with Crippen LogP contribution in [0.3, 0.4) is 0 Å². The third kappa shape index (κ3) is 5.09. The Morgan fingerprint density at radius 3 is 2.52 bits per heavy atom. The number of hydrogen-bond donors (Lipinski definition) is 0. The van der Waals surface area contributed by atoms with Crippen molar-refractivity contribution in [3.63, 3.8) is 0 Å². The summed E-state index contributed by atoms with van der Waals surface area (Å²) in [7, 11) is 0. The zero-order chi connectivity index (χ0) is 26.0. The summed E-state index contributed by atoms with van der Waals surface area (Å²) >= 11 is 0. The van der Waals surface area contributed by atoms with Gasteiger partial charge < -0.3 is 14.4 Å². The molecule has 6 rings (SSSR count). The average molecular weight is 610 g/mol. The maximum Gasteiger partial charge on any atom is 0.123 e. The zero-order valence-electron chi connectivity index (χ0n) is 22.3. The molecule has 3 heterocycles. The third-order valence-electron chi connectivity index (χ3n) is 4.85. The number of pyridine rings is 2. The number of benzene rings is 3. The molecule has 4 heteroatoms. The van der Waals surface area contributed by atoms with Crippen LogP contribution in [0.1, 0.15) is 12.4 Å². The first-order valence-electron chi connectivity index (χ1n) is 12.5. The predicted octanol–water partition coefficient (Wildman–Crippen LogP) is 7.30. The molecule has 0 aliphatic rings. The number of furan rings is 1. The minimum absolute atomic E-state index is 0. The second kappa shape index (κ2) is 10.4. The molecule has 3 aromatic carbocycles. The van der Waals surface area contributed by atoms with Gasteiger partial charge in [0.05, 0.1) is 8.32 Å². The first-order valence-corrected chi connectivity index (χ1v) is 10.0. The third-order valence-corrected chi connectivity index (χ3v) is 4.85. The molecule has 0 saturated carbocycles. The van der Waals surface area contributed by atoms with Crippen molar-refractivity contribution in [2.24, 2.45) is 0 Å². The summed E-state index contributed by atoms with van der Waals surface area (Å²) in [6, 6.07) is 30.4. The van der Waals surface area contributed by atoms with Gasteiger partial charge in [-0.05, 0) is 41.3 Å². The Hall–Kier alpha value is -3.59. The van der Waals surface area contributed by atoms with E-state index >= 15 is 0 Å². The maximum atomic E-state index is 8.12. The summed E-state index contributed by atoms with van der Waals surface area (Å²) in [5.74, 6) is 0. The number of hydrogen-bond acceptors (Lipinski definition) is 3. The van der Waals surface area contributed by atoms with E-state index in [-0.39, 0.29) is 43.4 Å². The SMILES string of the molecule is [2H]c1c(C([2H])([2H])[2H])cnc(-c2[c-]cc3c(c2)oc2ccccc23)c1[2H].[Ir].[c-]1ccccc1-c1ccccn1. The summed E-state index contributed by atoms with van der Waals surface area (Å²) in [5, 5.41) is 1.87. The van der Waals surface area contributed by atoms with Gasteiger partial charge in [0.2, 0.25) is 0 Å². The number of rotatable bonds is 2. The Bertz CT molecular complexity index is 1650. The molecule has 0 N–H and O–H groups in total. The van der Waals surface area contributed by atoms with Crippen LogP contribution >= 0.6 is 0 Å². The smallest absolute Gasteiger partial charge is 0.123 e. The minimum atomic E-state index is -2.47. The van der Waals surface area contributed by atoms with Crippen LogP contribution in [0.15, 0.2) is 108 Å². The van der Waals surface area contributed by atoms with Crippen LogP contribution in [0.25, 0.3) is 44.5 Å². The van der Waals surface area contributed by atoms with Gasteiger partial charge in [-0.25, -0.2) is 0 Å². The van der Waals surface area contributed by atoms with Crippen molar-refractivity contribution < 1.29 is 31.4 Å². The van der Waals surface area contributed by atoms with Crippen molar-refractivity contribution in [2.45, 2.75) is 6.85 Å². The number of para-hydroxylation sites is 1. The molecule has 0 bridgehead atoms. The van der Waals surface area contributed by atoms with Crippen molar-refractivity contribution in [2.75, 3.05) is 0 Å². The van der Waals surface area contributed by atoms with Crippen LogP contribution in [-0.2, 0) is 20.1 Å². The minimum Gasteiger partial charge on any atom is -0.476 e. The van der Waals surface area contributed by atoms with E-state index in [2.05, 4.69) is 22.1 Å². The Kier molecular flexibility index (Phi) is 5.32. The Labute approximate surface area is 213 Å². The fourth-order valence-electron chi connectivity index (χ4n) is 3.33. The molecule has 0 unspecified atom stereocenters. The Morgan fingerprint density at radius 1 is 0.818 bits per heavy atom. The van der Waals surface area contributed by atoms with Gasteiger partial charge in [-0.15, -0.1) is 53.6 Å². The van der Waals surface area contributed by atoms with Crippen molar-refractivity contribution in [1.82, 2.24) is 9.97 Å². The second-order valence-electron chi connectivity index (χ2n) is 6.98. The van der Waals surface area contributed by atoms with Gasteiger partial charge in [-0.3, -0.25) is 0 Å². The first-order chi connectivity index (χ1) is 17.8. The largest absolute Gasteiger partial charge is 0.476 e. The molecule has 3 aromatic heterocycles. The van der Waals surface area contributed by atoms with E-state index < -0.39 is 6.85 Å². The first kappa shape index (κ1) is 17.0. The molecule has 1 radical (unpaired) electrons. The number of aryl methyl sites for hydroxylation is 1. The fourth-order valence-corrected chi connectivity index (χ4v) is 3.33. The van der Waals surface area contributed by atoms with Crippen LogP contribution in [0.4, 0.5) is 0 Å². The standard InChI is InChI=1S/C18H12NO.C11H8N.Ir/c1-12-6-9-16(19-11-12)13-7-8-15-14-4-2-3-5-17(14)20-18(15)10-13;1-2-6-10(7-3-1)11-8-4-5-9-12-11;/h2-6,8-11H,1H3;1-6,8-9H;/q2*-1;/i1D3,6D,9D;;. The van der Waals surface area contributed by atoms with E-state index in [1.165, 1.54) is 0 Å². The molecular weight excluding hydrogens is 585 g/mol. The second-order valence-corrected chi connectivity index (χ2v) is 6.98. The summed E-state index contributed by atoms with van der Waals surface area (Å²) in [6.07, 6.45) is 2.93. The van der Waals surface area contributed by atoms with E-state index in [4.69, 9.17) is 11.3 Å². The summed E-state index contributed by atoms with van der Waals surface area (Å²) in [5.41, 5.74) is 3.85. The Morgan fingerprint density at radius 2 is 1.70 bits per heavy atom. The molecule has 3 nitrogen and oxygen atoms in total. The summed E-state index contributed by atoms with van der Waals surface area (Å²) in [6.45, 7) is -2.47. The van der Waals surface area contributed by atoms with Gasteiger partial charge in [0, 0.05) is 36.6 Å². The molecule has 0 aliphatic carbocycles. The van der Waals surface area contributed by atoms with E-state index in [0.717, 1.165) is 33.8 Å². The zero-order valence-corrected chi connectivity index (χ0v) is 19.7. The van der Waals surface area contributed by atoms with Gasteiger partial charge in [0.1, 0.15) is 5.58 Å². The van der Waals surface area contributed by atoms with Crippen LogP contribution in [0.5, 0.6) is 0 Å². The van der Waals surface area contributed by atoms with Gasteiger partial charge >= 0.3 is 0 Å². The molecule has 33 heavy (non-hydrogen) atoms. The van der Waals surface area contributed by atoms with Crippen molar-refractivity contribution in [3.05, 3.63) is 121 Å². The predicted molar refractivity (Wildman–Crippen MR) is 129 cm³/mol. The van der Waals surface area contributed by atoms with Crippen LogP contribution in [0, 0.1) is 19.0 Å². The molecule has 0 amide bonds. The summed E-state index contributed by atoms with van der Waals surface area (Å²) in [4.78, 5) is 8.31. The molecule has 0 fully saturated rings. The topological polar surface area (TPSA) is 38.9 Å². The van der Waals surface area contributed by atoms with Crippen molar-refractivity contribution in [3.8, 4) is 22.5 Å². The van der Waals surface area contributed by atoms with Crippen molar-refractivity contribution in [1.29, 1.82) is 0 Å². The molecule has 0 saturated heterocycles. The maximum absolute atomic E-state index is 8.12. The van der Waals surface area contributed by atoms with E-state index in [1.54, 1.807) is 18.3 Å². The average Bonchev–Trinajstić information content (AvgIpc) is 3.29. The van der Waals surface area contributed by atoms with E-state index in [0.29, 0.717) is 11.1 Å². The van der Waals surface area contributed by atoms with Gasteiger partial charge in [-0.1, -0.05) is 53.9 Å². The number of fused-ring (bicyclic) bond motifs is 3. The van der Waals surface area contributed by atoms with Gasteiger partial charge in [0.25, 0.3) is 0 Å². The van der Waals surface area contributed by atoms with Crippen LogP contribution in [0.2, 0.25) is 0 Å². The molecule has 6 aromatic rings. The van der Waals surface area contributed by atoms with Gasteiger partial charge in [-0.2, -0.15) is 0 Å². The van der Waals surface area contributed by atoms with Crippen LogP contribution < -0.4 is 0 Å². The van der Waals surface area contributed by atoms with Crippen molar-refractivity contribution >= 4 is 21.9 Å². The normalized spacial score (nSPS) is 12.9.